The summed E-state index contributed by atoms with van der Waals surface area (Å²) >= 11 is 0. The molecule has 0 saturated heterocycles. The lowest BCUT2D eigenvalue weighted by molar-refractivity contribution is 0.00777. The lowest BCUT2D eigenvalue weighted by Gasteiger charge is -2.25. The summed E-state index contributed by atoms with van der Waals surface area (Å²) in [6, 6.07) is 10.6. The number of aryl methyl sites for hydroxylation is 1. The van der Waals surface area contributed by atoms with Crippen LogP contribution in [0.25, 0.3) is 0 Å². The molecule has 1 aromatic heterocycles. The first kappa shape index (κ1) is 16.6. The third kappa shape index (κ3) is 2.49. The Bertz CT molecular complexity index is 788. The molecule has 0 spiro atoms. The monoisotopic (exact) mass is 350 g/mol. The number of ether oxygens (including phenoxy) is 1. The van der Waals surface area contributed by atoms with Gasteiger partial charge < -0.3 is 9.15 Å². The summed E-state index contributed by atoms with van der Waals surface area (Å²) in [4.78, 5) is 0. The molecule has 1 heterocycles. The van der Waals surface area contributed by atoms with E-state index in [1.165, 1.54) is 61.0 Å². The number of hydrogen-bond donors (Lipinski definition) is 0. The van der Waals surface area contributed by atoms with Crippen LogP contribution in [0.3, 0.4) is 0 Å². The van der Waals surface area contributed by atoms with Crippen LogP contribution >= 0.6 is 0 Å². The maximum atomic E-state index is 6.57. The molecule has 3 aliphatic carbocycles. The van der Waals surface area contributed by atoms with Gasteiger partial charge >= 0.3 is 0 Å². The molecule has 26 heavy (non-hydrogen) atoms. The second kappa shape index (κ2) is 5.99. The number of benzene rings is 1. The third-order valence-electron chi connectivity index (χ3n) is 7.30. The Hall–Kier alpha value is -1.54. The number of rotatable bonds is 4. The average molecular weight is 351 g/mol. The van der Waals surface area contributed by atoms with Crippen LogP contribution in [0.1, 0.15) is 68.4 Å². The van der Waals surface area contributed by atoms with Gasteiger partial charge in [0.25, 0.3) is 0 Å². The summed E-state index contributed by atoms with van der Waals surface area (Å²) in [6.07, 6.45) is 11.1. The smallest absolute Gasteiger partial charge is 0.116 e. The summed E-state index contributed by atoms with van der Waals surface area (Å²) in [5, 5.41) is 0. The van der Waals surface area contributed by atoms with Crippen LogP contribution in [0.4, 0.5) is 0 Å². The fourth-order valence-corrected chi connectivity index (χ4v) is 5.87. The topological polar surface area (TPSA) is 22.4 Å². The van der Waals surface area contributed by atoms with Crippen LogP contribution in [0.15, 0.2) is 41.0 Å². The molecule has 138 valence electrons. The highest BCUT2D eigenvalue weighted by atomic mass is 16.5. The molecule has 2 heteroatoms. The maximum absolute atomic E-state index is 6.57. The highest BCUT2D eigenvalue weighted by Crippen LogP contribution is 2.72. The fraction of sp³-hybridized carbons (Fsp3) is 0.583. The van der Waals surface area contributed by atoms with Gasteiger partial charge in [0.15, 0.2) is 0 Å². The van der Waals surface area contributed by atoms with Crippen LogP contribution in [-0.4, -0.2) is 6.10 Å². The van der Waals surface area contributed by atoms with E-state index in [9.17, 15) is 0 Å². The van der Waals surface area contributed by atoms with E-state index in [4.69, 9.17) is 9.15 Å². The molecule has 3 unspecified atom stereocenters. The van der Waals surface area contributed by atoms with Crippen molar-refractivity contribution in [2.24, 2.45) is 11.3 Å². The van der Waals surface area contributed by atoms with Crippen molar-refractivity contribution in [3.8, 4) is 0 Å². The molecule has 0 N–H and O–H groups in total. The second-order valence-corrected chi connectivity index (χ2v) is 9.40. The van der Waals surface area contributed by atoms with Crippen molar-refractivity contribution < 1.29 is 9.15 Å². The molecular weight excluding hydrogens is 320 g/mol. The molecule has 2 saturated carbocycles. The summed E-state index contributed by atoms with van der Waals surface area (Å²) in [5.41, 5.74) is 4.75. The zero-order valence-corrected chi connectivity index (χ0v) is 16.1. The first-order valence-corrected chi connectivity index (χ1v) is 10.4. The van der Waals surface area contributed by atoms with Gasteiger partial charge in [-0.1, -0.05) is 50.6 Å². The quantitative estimate of drug-likeness (QED) is 0.648. The highest BCUT2D eigenvalue weighted by molar-refractivity contribution is 5.43. The van der Waals surface area contributed by atoms with E-state index < -0.39 is 0 Å². The number of hydrogen-bond acceptors (Lipinski definition) is 2. The largest absolute Gasteiger partial charge is 0.468 e. The highest BCUT2D eigenvalue weighted by Gasteiger charge is 2.73. The molecule has 1 aromatic carbocycles. The van der Waals surface area contributed by atoms with Crippen LogP contribution in [0.5, 0.6) is 0 Å². The Kier molecular flexibility index (Phi) is 3.83. The molecule has 0 aliphatic heterocycles. The fourth-order valence-electron chi connectivity index (χ4n) is 5.87. The molecule has 5 rings (SSSR count). The Morgan fingerprint density at radius 2 is 1.85 bits per heavy atom. The van der Waals surface area contributed by atoms with E-state index in [0.717, 1.165) is 6.42 Å². The van der Waals surface area contributed by atoms with Crippen molar-refractivity contribution in [3.63, 3.8) is 0 Å². The number of fused-ring (bicyclic) bond motifs is 2. The summed E-state index contributed by atoms with van der Waals surface area (Å²) in [7, 11) is 0. The second-order valence-electron chi connectivity index (χ2n) is 9.40. The van der Waals surface area contributed by atoms with Crippen molar-refractivity contribution in [3.05, 3.63) is 59.0 Å². The van der Waals surface area contributed by atoms with Gasteiger partial charge in [0.05, 0.1) is 24.4 Å². The van der Waals surface area contributed by atoms with Crippen molar-refractivity contribution in [1.29, 1.82) is 0 Å². The van der Waals surface area contributed by atoms with Crippen LogP contribution in [0, 0.1) is 11.3 Å². The van der Waals surface area contributed by atoms with E-state index in [1.54, 1.807) is 0 Å². The molecule has 0 amide bonds. The minimum Gasteiger partial charge on any atom is -0.468 e. The molecule has 0 radical (unpaired) electrons. The van der Waals surface area contributed by atoms with E-state index in [1.807, 2.05) is 0 Å². The van der Waals surface area contributed by atoms with Gasteiger partial charge in [-0.3, -0.25) is 0 Å². The van der Waals surface area contributed by atoms with Crippen molar-refractivity contribution >= 4 is 0 Å². The van der Waals surface area contributed by atoms with Gasteiger partial charge in [-0.2, -0.15) is 0 Å². The SMILES string of the molecule is CC1(C)CC(OCc2ccccc2)C2(c3occ4c3CCCCC4)CC12. The number of furan rings is 1. The standard InChI is InChI=1S/C24H30O2/c1-23(2)14-21(25-15-17-9-5-3-6-10-17)24(13-20(23)24)22-19-12-8-4-7-11-18(19)16-26-22/h3,5-6,9-10,16,20-21H,4,7-8,11-15H2,1-2H3. The third-order valence-corrected chi connectivity index (χ3v) is 7.30. The molecule has 3 atom stereocenters. The average Bonchev–Trinajstić information content (AvgIpc) is 3.30. The normalized spacial score (nSPS) is 31.9. The lowest BCUT2D eigenvalue weighted by Crippen LogP contribution is -2.27. The van der Waals surface area contributed by atoms with Gasteiger partial charge in [-0.25, -0.2) is 0 Å². The van der Waals surface area contributed by atoms with Gasteiger partial charge in [0, 0.05) is 0 Å². The first-order valence-electron chi connectivity index (χ1n) is 10.4. The van der Waals surface area contributed by atoms with Crippen LogP contribution < -0.4 is 0 Å². The molecule has 0 bridgehead atoms. The van der Waals surface area contributed by atoms with Crippen LogP contribution in [-0.2, 0) is 29.6 Å². The minimum atomic E-state index is 0.135. The van der Waals surface area contributed by atoms with Gasteiger partial charge in [-0.05, 0) is 66.5 Å². The molecular formula is C24H30O2. The van der Waals surface area contributed by atoms with Crippen LogP contribution in [0.2, 0.25) is 0 Å². The van der Waals surface area contributed by atoms with Gasteiger partial charge in [-0.15, -0.1) is 0 Å². The molecule has 3 aliphatic rings. The molecule has 2 nitrogen and oxygen atoms in total. The minimum absolute atomic E-state index is 0.135. The summed E-state index contributed by atoms with van der Waals surface area (Å²) < 4.78 is 12.9. The lowest BCUT2D eigenvalue weighted by atomic mass is 9.87. The zero-order valence-electron chi connectivity index (χ0n) is 16.1. The van der Waals surface area contributed by atoms with E-state index in [-0.39, 0.29) is 11.5 Å². The predicted octanol–water partition coefficient (Wildman–Crippen LogP) is 5.82. The van der Waals surface area contributed by atoms with Crippen molar-refractivity contribution in [1.82, 2.24) is 0 Å². The Balaban J connectivity index is 1.45. The van der Waals surface area contributed by atoms with Gasteiger partial charge in [0.2, 0.25) is 0 Å². The van der Waals surface area contributed by atoms with E-state index in [0.29, 0.717) is 17.9 Å². The Labute approximate surface area is 156 Å². The Morgan fingerprint density at radius 3 is 2.65 bits per heavy atom. The van der Waals surface area contributed by atoms with Crippen molar-refractivity contribution in [2.75, 3.05) is 0 Å². The Morgan fingerprint density at radius 1 is 1.04 bits per heavy atom. The first-order chi connectivity index (χ1) is 12.6. The van der Waals surface area contributed by atoms with Crippen molar-refractivity contribution in [2.45, 2.75) is 76.9 Å². The van der Waals surface area contributed by atoms with Gasteiger partial charge in [0.1, 0.15) is 5.76 Å². The predicted molar refractivity (Wildman–Crippen MR) is 103 cm³/mol. The summed E-state index contributed by atoms with van der Waals surface area (Å²) in [5.74, 6) is 2.00. The zero-order chi connectivity index (χ0) is 17.8. The van der Waals surface area contributed by atoms with E-state index in [2.05, 4.69) is 50.4 Å². The summed E-state index contributed by atoms with van der Waals surface area (Å²) in [6.45, 7) is 5.55. The van der Waals surface area contributed by atoms with E-state index >= 15 is 0 Å². The maximum Gasteiger partial charge on any atom is 0.116 e. The molecule has 2 aromatic rings. The molecule has 2 fully saturated rings.